The first-order valence-corrected chi connectivity index (χ1v) is 8.34. The van der Waals surface area contributed by atoms with Crippen LogP contribution in [0.2, 0.25) is 0 Å². The number of hydrogen-bond acceptors (Lipinski definition) is 3. The van der Waals surface area contributed by atoms with E-state index in [1.807, 2.05) is 0 Å². The Morgan fingerprint density at radius 2 is 2.05 bits per heavy atom. The molecule has 114 valence electrons. The quantitative estimate of drug-likeness (QED) is 0.529. The van der Waals surface area contributed by atoms with Gasteiger partial charge in [0, 0.05) is 25.6 Å². The minimum absolute atomic E-state index is 0.245. The van der Waals surface area contributed by atoms with Crippen LogP contribution in [0.25, 0.3) is 0 Å². The highest BCUT2D eigenvalue weighted by atomic mass is 16.5. The van der Waals surface area contributed by atoms with Crippen LogP contribution in [0, 0.1) is 5.92 Å². The molecule has 1 aliphatic heterocycles. The van der Waals surface area contributed by atoms with Gasteiger partial charge in [0.1, 0.15) is 0 Å². The minimum atomic E-state index is 0.245. The third-order valence-corrected chi connectivity index (χ3v) is 4.48. The summed E-state index contributed by atoms with van der Waals surface area (Å²) in [4.78, 5) is 14.8. The van der Waals surface area contributed by atoms with Crippen molar-refractivity contribution in [2.75, 3.05) is 32.8 Å². The molecule has 1 aliphatic carbocycles. The molecule has 3 heteroatoms. The predicted molar refractivity (Wildman–Crippen MR) is 81.8 cm³/mol. The van der Waals surface area contributed by atoms with Gasteiger partial charge < -0.3 is 4.74 Å². The molecule has 1 saturated heterocycles. The molecule has 0 radical (unpaired) electrons. The minimum Gasteiger partial charge on any atom is -0.379 e. The normalized spacial score (nSPS) is 26.6. The first-order valence-electron chi connectivity index (χ1n) is 8.34. The Morgan fingerprint density at radius 1 is 1.25 bits per heavy atom. The fraction of sp³-hybridized carbons (Fsp3) is 0.824. The van der Waals surface area contributed by atoms with Gasteiger partial charge in [-0.1, -0.05) is 32.3 Å². The van der Waals surface area contributed by atoms with Crippen LogP contribution < -0.4 is 0 Å². The maximum atomic E-state index is 12.4. The van der Waals surface area contributed by atoms with Crippen molar-refractivity contribution in [3.05, 3.63) is 11.6 Å². The van der Waals surface area contributed by atoms with Crippen LogP contribution in [0.3, 0.4) is 0 Å². The molecule has 0 aromatic carbocycles. The molecule has 0 bridgehead atoms. The van der Waals surface area contributed by atoms with Gasteiger partial charge in [-0.05, 0) is 31.3 Å². The van der Waals surface area contributed by atoms with Crippen LogP contribution >= 0.6 is 0 Å². The van der Waals surface area contributed by atoms with E-state index in [-0.39, 0.29) is 5.92 Å². The molecule has 0 spiro atoms. The van der Waals surface area contributed by atoms with Crippen LogP contribution in [-0.4, -0.2) is 43.5 Å². The summed E-state index contributed by atoms with van der Waals surface area (Å²) < 4.78 is 5.36. The Hall–Kier alpha value is -0.670. The molecular formula is C17H29NO2. The van der Waals surface area contributed by atoms with E-state index in [1.165, 1.54) is 25.7 Å². The van der Waals surface area contributed by atoms with Gasteiger partial charge in [-0.2, -0.15) is 0 Å². The first kappa shape index (κ1) is 15.7. The van der Waals surface area contributed by atoms with Gasteiger partial charge in [-0.3, -0.25) is 9.69 Å². The number of rotatable bonds is 7. The highest BCUT2D eigenvalue weighted by Crippen LogP contribution is 2.28. The average Bonchev–Trinajstić information content (AvgIpc) is 2.81. The molecule has 0 amide bonds. The third kappa shape index (κ3) is 4.71. The zero-order valence-corrected chi connectivity index (χ0v) is 12.9. The van der Waals surface area contributed by atoms with Gasteiger partial charge in [-0.15, -0.1) is 0 Å². The Labute approximate surface area is 123 Å². The highest BCUT2D eigenvalue weighted by molar-refractivity contribution is 5.99. The molecule has 0 N–H and O–H groups in total. The molecule has 3 nitrogen and oxygen atoms in total. The van der Waals surface area contributed by atoms with E-state index in [0.717, 1.165) is 57.7 Å². The second-order valence-corrected chi connectivity index (χ2v) is 6.09. The maximum Gasteiger partial charge on any atom is 0.162 e. The topological polar surface area (TPSA) is 29.5 Å². The van der Waals surface area contributed by atoms with Crippen LogP contribution in [0.15, 0.2) is 11.6 Å². The first-order chi connectivity index (χ1) is 9.81. The van der Waals surface area contributed by atoms with E-state index < -0.39 is 0 Å². The number of carbonyl (C=O) groups is 1. The SMILES string of the molecule is CCCCCCC=C1CCC(CN2CCOCC2)C1=O. The number of ether oxygens (including phenoxy) is 1. The van der Waals surface area contributed by atoms with Crippen LogP contribution in [0.4, 0.5) is 0 Å². The summed E-state index contributed by atoms with van der Waals surface area (Å²) in [7, 11) is 0. The smallest absolute Gasteiger partial charge is 0.162 e. The summed E-state index contributed by atoms with van der Waals surface area (Å²) >= 11 is 0. The summed E-state index contributed by atoms with van der Waals surface area (Å²) in [5, 5.41) is 0. The van der Waals surface area contributed by atoms with Crippen molar-refractivity contribution in [2.45, 2.75) is 51.9 Å². The van der Waals surface area contributed by atoms with E-state index in [1.54, 1.807) is 0 Å². The molecule has 20 heavy (non-hydrogen) atoms. The number of allylic oxidation sites excluding steroid dienone is 2. The molecule has 2 rings (SSSR count). The lowest BCUT2D eigenvalue weighted by Crippen LogP contribution is -2.40. The number of ketones is 1. The zero-order chi connectivity index (χ0) is 14.2. The van der Waals surface area contributed by atoms with E-state index >= 15 is 0 Å². The zero-order valence-electron chi connectivity index (χ0n) is 12.9. The second-order valence-electron chi connectivity index (χ2n) is 6.09. The molecular weight excluding hydrogens is 250 g/mol. The van der Waals surface area contributed by atoms with Crippen molar-refractivity contribution in [2.24, 2.45) is 5.92 Å². The lowest BCUT2D eigenvalue weighted by atomic mass is 10.0. The fourth-order valence-corrected chi connectivity index (χ4v) is 3.17. The van der Waals surface area contributed by atoms with Crippen LogP contribution in [-0.2, 0) is 9.53 Å². The number of morpholine rings is 1. The lowest BCUT2D eigenvalue weighted by molar-refractivity contribution is -0.118. The van der Waals surface area contributed by atoms with Crippen molar-refractivity contribution in [3.8, 4) is 0 Å². The lowest BCUT2D eigenvalue weighted by Gasteiger charge is -2.28. The Morgan fingerprint density at radius 3 is 2.80 bits per heavy atom. The van der Waals surface area contributed by atoms with Crippen molar-refractivity contribution >= 4 is 5.78 Å². The number of hydrogen-bond donors (Lipinski definition) is 0. The van der Waals surface area contributed by atoms with Gasteiger partial charge in [0.05, 0.1) is 13.2 Å². The number of Topliss-reactive ketones (excluding diaryl/α,β-unsaturated/α-hetero) is 1. The maximum absolute atomic E-state index is 12.4. The largest absolute Gasteiger partial charge is 0.379 e. The van der Waals surface area contributed by atoms with Gasteiger partial charge in [0.25, 0.3) is 0 Å². The van der Waals surface area contributed by atoms with Gasteiger partial charge >= 0.3 is 0 Å². The van der Waals surface area contributed by atoms with Crippen molar-refractivity contribution in [1.82, 2.24) is 4.90 Å². The predicted octanol–water partition coefficient (Wildman–Crippen LogP) is 3.19. The number of unbranched alkanes of at least 4 members (excludes halogenated alkanes) is 4. The van der Waals surface area contributed by atoms with Crippen molar-refractivity contribution < 1.29 is 9.53 Å². The molecule has 0 aromatic rings. The Kier molecular flexibility index (Phi) is 6.74. The summed E-state index contributed by atoms with van der Waals surface area (Å²) in [5.41, 5.74) is 1.11. The monoisotopic (exact) mass is 279 g/mol. The van der Waals surface area contributed by atoms with E-state index in [0.29, 0.717) is 5.78 Å². The van der Waals surface area contributed by atoms with E-state index in [9.17, 15) is 4.79 Å². The second kappa shape index (κ2) is 8.58. The molecule has 1 saturated carbocycles. The van der Waals surface area contributed by atoms with Gasteiger partial charge in [0.2, 0.25) is 0 Å². The highest BCUT2D eigenvalue weighted by Gasteiger charge is 2.30. The number of carbonyl (C=O) groups excluding carboxylic acids is 1. The fourth-order valence-electron chi connectivity index (χ4n) is 3.17. The summed E-state index contributed by atoms with van der Waals surface area (Å²) in [6, 6.07) is 0. The van der Waals surface area contributed by atoms with Crippen LogP contribution in [0.5, 0.6) is 0 Å². The van der Waals surface area contributed by atoms with Gasteiger partial charge in [-0.25, -0.2) is 0 Å². The van der Waals surface area contributed by atoms with E-state index in [2.05, 4.69) is 17.9 Å². The standard InChI is InChI=1S/C17H29NO2/c1-2-3-4-5-6-7-15-8-9-16(17(15)19)14-18-10-12-20-13-11-18/h7,16H,2-6,8-14H2,1H3. The van der Waals surface area contributed by atoms with Gasteiger partial charge in [0.15, 0.2) is 5.78 Å². The molecule has 0 aromatic heterocycles. The van der Waals surface area contributed by atoms with Crippen molar-refractivity contribution in [3.63, 3.8) is 0 Å². The Balaban J connectivity index is 1.72. The molecule has 1 atom stereocenters. The Bertz CT molecular complexity index is 332. The van der Waals surface area contributed by atoms with Crippen LogP contribution in [0.1, 0.15) is 51.9 Å². The third-order valence-electron chi connectivity index (χ3n) is 4.48. The van der Waals surface area contributed by atoms with Crippen molar-refractivity contribution in [1.29, 1.82) is 0 Å². The summed E-state index contributed by atoms with van der Waals surface area (Å²) in [6.07, 6.45) is 10.5. The summed E-state index contributed by atoms with van der Waals surface area (Å²) in [5.74, 6) is 0.668. The molecule has 2 aliphatic rings. The average molecular weight is 279 g/mol. The number of nitrogens with zero attached hydrogens (tertiary/aromatic N) is 1. The van der Waals surface area contributed by atoms with E-state index in [4.69, 9.17) is 4.74 Å². The molecule has 1 heterocycles. The summed E-state index contributed by atoms with van der Waals surface area (Å²) in [6.45, 7) is 6.78. The molecule has 2 fully saturated rings. The molecule has 1 unspecified atom stereocenters.